The van der Waals surface area contributed by atoms with Gasteiger partial charge in [-0.15, -0.1) is 0 Å². The summed E-state index contributed by atoms with van der Waals surface area (Å²) >= 11 is 5.97. The Morgan fingerprint density at radius 3 is 2.55 bits per heavy atom. The van der Waals surface area contributed by atoms with E-state index in [4.69, 9.17) is 16.3 Å². The van der Waals surface area contributed by atoms with E-state index in [1.807, 2.05) is 19.1 Å². The normalized spacial score (nSPS) is 10.7. The minimum Gasteiger partial charge on any atom is -0.494 e. The van der Waals surface area contributed by atoms with Gasteiger partial charge in [0.05, 0.1) is 23.5 Å². The first-order valence-corrected chi connectivity index (χ1v) is 6.64. The van der Waals surface area contributed by atoms with Crippen LogP contribution >= 0.6 is 11.6 Å². The van der Waals surface area contributed by atoms with Crippen LogP contribution in [0.1, 0.15) is 17.3 Å². The number of hydrogen-bond acceptors (Lipinski definition) is 3. The molecule has 0 unspecified atom stereocenters. The maximum Gasteiger partial charge on any atom is 0.204 e. The smallest absolute Gasteiger partial charge is 0.204 e. The van der Waals surface area contributed by atoms with Crippen LogP contribution in [0.5, 0.6) is 5.75 Å². The standard InChI is InChI=1S/C16H14ClNO2/c1-2-20-13-9-7-12(8-10-13)16(19)11-18-15-6-4-3-5-14(15)17/h3-11H,2H2,1H3. The van der Waals surface area contributed by atoms with Crippen molar-refractivity contribution in [1.29, 1.82) is 0 Å². The predicted molar refractivity (Wildman–Crippen MR) is 81.5 cm³/mol. The summed E-state index contributed by atoms with van der Waals surface area (Å²) in [5.74, 6) is 0.570. The number of aliphatic imine (C=N–C) groups is 1. The molecule has 0 aliphatic heterocycles. The SMILES string of the molecule is CCOc1ccc(C(=O)C=Nc2ccccc2Cl)cc1. The summed E-state index contributed by atoms with van der Waals surface area (Å²) in [5, 5.41) is 0.517. The molecular formula is C16H14ClNO2. The van der Waals surface area contributed by atoms with Crippen molar-refractivity contribution in [3.63, 3.8) is 0 Å². The van der Waals surface area contributed by atoms with Gasteiger partial charge in [0.2, 0.25) is 5.78 Å². The van der Waals surface area contributed by atoms with E-state index in [-0.39, 0.29) is 5.78 Å². The van der Waals surface area contributed by atoms with Crippen molar-refractivity contribution < 1.29 is 9.53 Å². The number of rotatable bonds is 5. The summed E-state index contributed by atoms with van der Waals surface area (Å²) in [6.07, 6.45) is 1.27. The molecule has 2 rings (SSSR count). The number of nitrogens with zero attached hydrogens (tertiary/aromatic N) is 1. The highest BCUT2D eigenvalue weighted by molar-refractivity contribution is 6.37. The number of carbonyl (C=O) groups is 1. The molecule has 0 aliphatic carbocycles. The summed E-state index contributed by atoms with van der Waals surface area (Å²) in [4.78, 5) is 16.1. The number of halogens is 1. The van der Waals surface area contributed by atoms with Gasteiger partial charge < -0.3 is 4.74 Å². The maximum atomic E-state index is 12.0. The van der Waals surface area contributed by atoms with Crippen LogP contribution in [0.2, 0.25) is 5.02 Å². The molecule has 0 saturated carbocycles. The van der Waals surface area contributed by atoms with E-state index in [2.05, 4.69) is 4.99 Å². The fourth-order valence-corrected chi connectivity index (χ4v) is 1.83. The zero-order chi connectivity index (χ0) is 14.4. The minimum absolute atomic E-state index is 0.173. The number of ketones is 1. The fraction of sp³-hybridized carbons (Fsp3) is 0.125. The Morgan fingerprint density at radius 1 is 1.20 bits per heavy atom. The fourth-order valence-electron chi connectivity index (χ4n) is 1.64. The summed E-state index contributed by atoms with van der Waals surface area (Å²) in [7, 11) is 0. The van der Waals surface area contributed by atoms with Crippen LogP contribution in [0.4, 0.5) is 5.69 Å². The van der Waals surface area contributed by atoms with E-state index < -0.39 is 0 Å². The van der Waals surface area contributed by atoms with E-state index in [1.165, 1.54) is 6.21 Å². The van der Waals surface area contributed by atoms with Gasteiger partial charge in [0, 0.05) is 5.56 Å². The van der Waals surface area contributed by atoms with E-state index in [9.17, 15) is 4.79 Å². The third-order valence-electron chi connectivity index (χ3n) is 2.62. The van der Waals surface area contributed by atoms with Crippen LogP contribution in [0, 0.1) is 0 Å². The molecule has 0 aromatic heterocycles. The lowest BCUT2D eigenvalue weighted by Crippen LogP contribution is -2.00. The number of ether oxygens (including phenoxy) is 1. The predicted octanol–water partition coefficient (Wildman–Crippen LogP) is 4.32. The molecule has 20 heavy (non-hydrogen) atoms. The average molecular weight is 288 g/mol. The second-order valence-electron chi connectivity index (χ2n) is 4.03. The molecule has 4 heteroatoms. The maximum absolute atomic E-state index is 12.0. The molecule has 0 spiro atoms. The molecule has 0 N–H and O–H groups in total. The van der Waals surface area contributed by atoms with E-state index in [0.717, 1.165) is 5.75 Å². The first-order chi connectivity index (χ1) is 9.70. The highest BCUT2D eigenvalue weighted by Gasteiger charge is 2.03. The minimum atomic E-state index is -0.173. The molecule has 2 aromatic rings. The lowest BCUT2D eigenvalue weighted by atomic mass is 10.1. The van der Waals surface area contributed by atoms with Gasteiger partial charge in [-0.3, -0.25) is 9.79 Å². The van der Waals surface area contributed by atoms with Gasteiger partial charge >= 0.3 is 0 Å². The van der Waals surface area contributed by atoms with Gasteiger partial charge in [0.25, 0.3) is 0 Å². The zero-order valence-electron chi connectivity index (χ0n) is 11.0. The average Bonchev–Trinajstić information content (AvgIpc) is 2.47. The van der Waals surface area contributed by atoms with Crippen molar-refractivity contribution in [3.05, 3.63) is 59.1 Å². The Balaban J connectivity index is 2.10. The van der Waals surface area contributed by atoms with Crippen molar-refractivity contribution in [2.75, 3.05) is 6.61 Å². The lowest BCUT2D eigenvalue weighted by molar-refractivity contribution is 0.107. The topological polar surface area (TPSA) is 38.7 Å². The van der Waals surface area contributed by atoms with Gasteiger partial charge in [-0.1, -0.05) is 23.7 Å². The van der Waals surface area contributed by atoms with Crippen molar-refractivity contribution in [1.82, 2.24) is 0 Å². The molecule has 0 saturated heterocycles. The second-order valence-corrected chi connectivity index (χ2v) is 4.44. The summed E-state index contributed by atoms with van der Waals surface area (Å²) in [5.41, 5.74) is 1.14. The first kappa shape index (κ1) is 14.3. The lowest BCUT2D eigenvalue weighted by Gasteiger charge is -2.02. The number of carbonyl (C=O) groups excluding carboxylic acids is 1. The number of hydrogen-bond donors (Lipinski definition) is 0. The second kappa shape index (κ2) is 6.87. The van der Waals surface area contributed by atoms with Gasteiger partial charge in [-0.05, 0) is 43.3 Å². The van der Waals surface area contributed by atoms with E-state index >= 15 is 0 Å². The Labute approximate surface area is 122 Å². The number of benzene rings is 2. The molecule has 0 aliphatic rings. The molecule has 0 amide bonds. The molecule has 0 heterocycles. The Bertz CT molecular complexity index is 621. The van der Waals surface area contributed by atoms with Crippen LogP contribution < -0.4 is 4.74 Å². The third kappa shape index (κ3) is 3.68. The number of Topliss-reactive ketones (excluding diaryl/α,β-unsaturated/α-hetero) is 1. The van der Waals surface area contributed by atoms with Crippen molar-refractivity contribution in [2.24, 2.45) is 4.99 Å². The van der Waals surface area contributed by atoms with E-state index in [1.54, 1.807) is 36.4 Å². The van der Waals surface area contributed by atoms with Crippen LogP contribution in [0.15, 0.2) is 53.5 Å². The van der Waals surface area contributed by atoms with Gasteiger partial charge in [-0.2, -0.15) is 0 Å². The van der Waals surface area contributed by atoms with Gasteiger partial charge in [0.15, 0.2) is 0 Å². The largest absolute Gasteiger partial charge is 0.494 e. The van der Waals surface area contributed by atoms with E-state index in [0.29, 0.717) is 22.9 Å². The quantitative estimate of drug-likeness (QED) is 0.606. The third-order valence-corrected chi connectivity index (χ3v) is 2.94. The van der Waals surface area contributed by atoms with Crippen LogP contribution in [-0.2, 0) is 0 Å². The summed E-state index contributed by atoms with van der Waals surface area (Å²) < 4.78 is 5.32. The molecule has 102 valence electrons. The number of para-hydroxylation sites is 1. The van der Waals surface area contributed by atoms with Crippen LogP contribution in [0.25, 0.3) is 0 Å². The van der Waals surface area contributed by atoms with Gasteiger partial charge in [0.1, 0.15) is 5.75 Å². The highest BCUT2D eigenvalue weighted by Crippen LogP contribution is 2.23. The molecule has 0 atom stereocenters. The Hall–Kier alpha value is -2.13. The van der Waals surface area contributed by atoms with Crippen molar-refractivity contribution >= 4 is 29.3 Å². The van der Waals surface area contributed by atoms with Gasteiger partial charge in [-0.25, -0.2) is 0 Å². The first-order valence-electron chi connectivity index (χ1n) is 6.26. The Kier molecular flexibility index (Phi) is 4.91. The van der Waals surface area contributed by atoms with Crippen LogP contribution in [0.3, 0.4) is 0 Å². The summed E-state index contributed by atoms with van der Waals surface area (Å²) in [6.45, 7) is 2.51. The van der Waals surface area contributed by atoms with Crippen LogP contribution in [-0.4, -0.2) is 18.6 Å². The highest BCUT2D eigenvalue weighted by atomic mass is 35.5. The molecule has 0 fully saturated rings. The summed E-state index contributed by atoms with van der Waals surface area (Å²) in [6, 6.07) is 14.1. The Morgan fingerprint density at radius 2 is 1.90 bits per heavy atom. The molecule has 0 radical (unpaired) electrons. The molecule has 2 aromatic carbocycles. The molecule has 0 bridgehead atoms. The van der Waals surface area contributed by atoms with Crippen molar-refractivity contribution in [3.8, 4) is 5.75 Å². The molecular weight excluding hydrogens is 274 g/mol. The molecule has 3 nitrogen and oxygen atoms in total. The van der Waals surface area contributed by atoms with Crippen molar-refractivity contribution in [2.45, 2.75) is 6.92 Å². The zero-order valence-corrected chi connectivity index (χ0v) is 11.8. The monoisotopic (exact) mass is 287 g/mol.